The fourth-order valence-corrected chi connectivity index (χ4v) is 16.5. The molecule has 18 heteroatoms. The maximum absolute atomic E-state index is 8.66. The van der Waals surface area contributed by atoms with Crippen molar-refractivity contribution >= 4 is 82.7 Å². The van der Waals surface area contributed by atoms with E-state index in [-0.39, 0.29) is 70.4 Å². The van der Waals surface area contributed by atoms with Gasteiger partial charge in [-0.25, -0.2) is 0 Å². The van der Waals surface area contributed by atoms with Crippen molar-refractivity contribution in [3.63, 3.8) is 0 Å². The van der Waals surface area contributed by atoms with Crippen molar-refractivity contribution in [2.24, 2.45) is 0 Å². The highest BCUT2D eigenvalue weighted by atomic mass is 28.4. The standard InChI is InChI=1S/2C6H18OSi2.2C4H12Si.4C3H10OSi.8CH4.2H2O/c2*1-8(2,3)7-9(4,5)6;6*1-5(2,3)4;;;;;;;;;;/h2*1-6H3;2*1-4H3;4*4H,1-3H3;8*1H4;2*1H2. The van der Waals surface area contributed by atoms with Gasteiger partial charge in [-0.05, 0) is 157 Å². The molecule has 58 heavy (non-hydrogen) atoms. The molecule has 0 aliphatic rings. The van der Waals surface area contributed by atoms with Crippen molar-refractivity contribution in [2.75, 3.05) is 0 Å². The Hall–Kier alpha value is 1.85. The maximum Gasteiger partial charge on any atom is 0.179 e. The Bertz CT molecular complexity index is 534. The fourth-order valence-electron chi connectivity index (χ4n) is 1.84. The molecule has 0 aromatic heterocycles. The average Bonchev–Trinajstić information content (AvgIpc) is 2.35. The third-order valence-corrected chi connectivity index (χ3v) is 11.0. The second kappa shape index (κ2) is 48.3. The lowest BCUT2D eigenvalue weighted by molar-refractivity contribution is 0.558. The van der Waals surface area contributed by atoms with Crippen molar-refractivity contribution in [1.29, 1.82) is 0 Å². The molecule has 0 saturated heterocycles. The van der Waals surface area contributed by atoms with E-state index in [0.29, 0.717) is 0 Å². The van der Waals surface area contributed by atoms with E-state index in [2.05, 4.69) is 131 Å². The van der Waals surface area contributed by atoms with E-state index in [9.17, 15) is 0 Å². The zero-order chi connectivity index (χ0) is 42.4. The van der Waals surface area contributed by atoms with Crippen LogP contribution in [0.3, 0.4) is 0 Å². The lowest BCUT2D eigenvalue weighted by Crippen LogP contribution is -2.39. The first-order valence-electron chi connectivity index (χ1n) is 17.7. The van der Waals surface area contributed by atoms with E-state index in [1.165, 1.54) is 0 Å². The van der Waals surface area contributed by atoms with E-state index in [1.807, 2.05) is 78.6 Å². The smallest absolute Gasteiger partial charge is 0.179 e. The van der Waals surface area contributed by atoms with Crippen LogP contribution in [0.5, 0.6) is 0 Å². The second-order valence-corrected chi connectivity index (χ2v) is 71.2. The molecule has 0 atom stereocenters. The quantitative estimate of drug-likeness (QED) is 0.205. The minimum atomic E-state index is -1.61. The fraction of sp³-hybridized carbons (Fsp3) is 1.00. The first-order chi connectivity index (χ1) is 19.4. The molecule has 0 aliphatic carbocycles. The Balaban J connectivity index is -0.0000000195. The summed E-state index contributed by atoms with van der Waals surface area (Å²) in [4.78, 5) is 34.6. The molecule has 0 unspecified atom stereocenters. The first kappa shape index (κ1) is 118. The minimum Gasteiger partial charge on any atom is -0.456 e. The Morgan fingerprint density at radius 3 is 0.241 bits per heavy atom. The molecule has 0 aromatic rings. The van der Waals surface area contributed by atoms with Crippen molar-refractivity contribution in [3.05, 3.63) is 0 Å². The van der Waals surface area contributed by atoms with Gasteiger partial charge in [-0.3, -0.25) is 0 Å². The normalized spacial score (nSPS) is 10.6. The molecule has 0 saturated carbocycles. The summed E-state index contributed by atoms with van der Waals surface area (Å²) in [5.41, 5.74) is 0. The summed E-state index contributed by atoms with van der Waals surface area (Å²) in [6.45, 7) is 68.1. The Labute approximate surface area is 387 Å². The third-order valence-electron chi connectivity index (χ3n) is 1.22. The molecule has 0 amide bonds. The minimum absolute atomic E-state index is 0. The van der Waals surface area contributed by atoms with Crippen LogP contribution < -0.4 is 0 Å². The van der Waals surface area contributed by atoms with Gasteiger partial charge in [0.15, 0.2) is 66.5 Å². The SMILES string of the molecule is C.C.C.C.C.C.C.C.C[Si](C)(C)C.C[Si](C)(C)C.C[Si](C)(C)O.C[Si](C)(C)O.C[Si](C)(C)O.C[Si](C)(C)O.C[Si](C)(C)O[Si](C)(C)C.C[Si](C)(C)O[Si](C)(C)C.O.O. The van der Waals surface area contributed by atoms with Crippen LogP contribution in [0.4, 0.5) is 0 Å². The van der Waals surface area contributed by atoms with Gasteiger partial charge in [-0.1, -0.05) is 112 Å². The highest BCUT2D eigenvalue weighted by molar-refractivity contribution is 6.84. The van der Waals surface area contributed by atoms with Crippen molar-refractivity contribution in [3.8, 4) is 0 Å². The summed E-state index contributed by atoms with van der Waals surface area (Å²) >= 11 is 0. The first-order valence-corrected chi connectivity index (χ1v) is 53.1. The zero-order valence-corrected chi connectivity index (χ0v) is 50.6. The maximum atomic E-state index is 8.66. The van der Waals surface area contributed by atoms with E-state index in [1.54, 1.807) is 0 Å². The molecule has 0 radical (unpaired) electrons. The molecule has 0 spiro atoms. The van der Waals surface area contributed by atoms with Gasteiger partial charge in [0.2, 0.25) is 0 Å². The highest BCUT2D eigenvalue weighted by Crippen LogP contribution is 2.13. The molecule has 0 heterocycles. The van der Waals surface area contributed by atoms with Gasteiger partial charge in [0.25, 0.3) is 0 Å². The molecule has 8 N–H and O–H groups in total. The van der Waals surface area contributed by atoms with Crippen LogP contribution >= 0.6 is 0 Å². The predicted molar refractivity (Wildman–Crippen MR) is 317 cm³/mol. The van der Waals surface area contributed by atoms with E-state index in [4.69, 9.17) is 27.4 Å². The van der Waals surface area contributed by atoms with Gasteiger partial charge in [0.1, 0.15) is 0 Å². The van der Waals surface area contributed by atoms with E-state index < -0.39 is 82.7 Å². The largest absolute Gasteiger partial charge is 0.456 e. The van der Waals surface area contributed by atoms with Gasteiger partial charge in [-0.2, -0.15) is 0 Å². The van der Waals surface area contributed by atoms with Crippen molar-refractivity contribution in [2.45, 2.75) is 269 Å². The van der Waals surface area contributed by atoms with Gasteiger partial charge >= 0.3 is 0 Å². The molecule has 8 nitrogen and oxygen atoms in total. The lowest BCUT2D eigenvalue weighted by Gasteiger charge is -2.27. The summed E-state index contributed by atoms with van der Waals surface area (Å²) in [7, 11) is -12.6. The van der Waals surface area contributed by atoms with Crippen LogP contribution in [-0.4, -0.2) is 113 Å². The van der Waals surface area contributed by atoms with Crippen LogP contribution in [0.25, 0.3) is 0 Å². The van der Waals surface area contributed by atoms with Crippen LogP contribution in [0.15, 0.2) is 0 Å². The van der Waals surface area contributed by atoms with Gasteiger partial charge in [-0.15, -0.1) is 0 Å². The van der Waals surface area contributed by atoms with E-state index in [0.717, 1.165) is 0 Å². The van der Waals surface area contributed by atoms with E-state index >= 15 is 0 Å². The summed E-state index contributed by atoms with van der Waals surface area (Å²) in [5, 5.41) is 0. The second-order valence-electron chi connectivity index (χ2n) is 23.3. The monoisotopic (exact) mass is 1020 g/mol. The molecule has 384 valence electrons. The Kier molecular flexibility index (Phi) is 98.6. The third kappa shape index (κ3) is 975. The van der Waals surface area contributed by atoms with Crippen LogP contribution in [0.2, 0.25) is 210 Å². The topological polar surface area (TPSA) is 162 Å². The van der Waals surface area contributed by atoms with Gasteiger partial charge in [0.05, 0.1) is 0 Å². The molecule has 0 rings (SSSR count). The van der Waals surface area contributed by atoms with Crippen molar-refractivity contribution < 1.29 is 38.4 Å². The van der Waals surface area contributed by atoms with Crippen molar-refractivity contribution in [1.82, 2.24) is 0 Å². The summed E-state index contributed by atoms with van der Waals surface area (Å²) < 4.78 is 11.8. The van der Waals surface area contributed by atoms with Crippen LogP contribution in [0, 0.1) is 0 Å². The molecular formula is C40H136O8Si10. The number of hydrogen-bond acceptors (Lipinski definition) is 6. The molecular weight excluding hydrogens is 889 g/mol. The molecule has 0 fully saturated rings. The average molecular weight is 1030 g/mol. The predicted octanol–water partition coefficient (Wildman–Crippen LogP) is 15.9. The summed E-state index contributed by atoms with van der Waals surface area (Å²) in [6.07, 6.45) is 0. The molecule has 0 bridgehead atoms. The lowest BCUT2D eigenvalue weighted by atomic mass is 11.8. The Morgan fingerprint density at radius 2 is 0.241 bits per heavy atom. The van der Waals surface area contributed by atoms with Crippen LogP contribution in [-0.2, 0) is 8.23 Å². The number of hydrogen-bond donors (Lipinski definition) is 4. The number of rotatable bonds is 4. The highest BCUT2D eigenvalue weighted by Gasteiger charge is 2.25. The molecule has 0 aromatic carbocycles. The van der Waals surface area contributed by atoms with Gasteiger partial charge < -0.3 is 38.4 Å². The van der Waals surface area contributed by atoms with Gasteiger partial charge in [0, 0.05) is 16.1 Å². The molecule has 0 aliphatic heterocycles. The summed E-state index contributed by atoms with van der Waals surface area (Å²) in [6, 6.07) is 0. The summed E-state index contributed by atoms with van der Waals surface area (Å²) in [5.74, 6) is 0. The van der Waals surface area contributed by atoms with Crippen LogP contribution in [0.1, 0.15) is 59.4 Å². The Morgan fingerprint density at radius 1 is 0.207 bits per heavy atom. The zero-order valence-electron chi connectivity index (χ0n) is 40.6.